The molecule has 2 nitrogen and oxygen atoms in total. The van der Waals surface area contributed by atoms with Crippen molar-refractivity contribution in [2.24, 2.45) is 0 Å². The van der Waals surface area contributed by atoms with Gasteiger partial charge in [-0.25, -0.2) is 4.98 Å². The Morgan fingerprint density at radius 2 is 1.61 bits per heavy atom. The molecule has 13 heteroatoms. The van der Waals surface area contributed by atoms with Crippen LogP contribution in [0.15, 0.2) is 23.1 Å². The predicted molar refractivity (Wildman–Crippen MR) is 75.2 cm³/mol. The number of alkyl halides is 9. The van der Waals surface area contributed by atoms with Crippen molar-refractivity contribution in [1.29, 1.82) is 0 Å². The monoisotopic (exact) mass is 418 g/mol. The molecule has 0 unspecified atom stereocenters. The number of aromatic nitrogens is 2. The SMILES string of the molecule is FC(F)(F)Sc1cccc2c1nc(C(F)(F)F)n2SC(F)(Cl)Cl. The Bertz CT molecular complexity index is 721. The summed E-state index contributed by atoms with van der Waals surface area (Å²) in [6.07, 6.45) is -5.05. The third kappa shape index (κ3) is 4.74. The minimum Gasteiger partial charge on any atom is -0.257 e. The maximum absolute atomic E-state index is 13.3. The first-order valence-corrected chi connectivity index (χ1v) is 7.73. The van der Waals surface area contributed by atoms with Gasteiger partial charge in [0.2, 0.25) is 5.82 Å². The van der Waals surface area contributed by atoms with Gasteiger partial charge < -0.3 is 0 Å². The van der Waals surface area contributed by atoms with Crippen LogP contribution in [0.2, 0.25) is 0 Å². The summed E-state index contributed by atoms with van der Waals surface area (Å²) in [7, 11) is 0. The van der Waals surface area contributed by atoms with Gasteiger partial charge in [-0.2, -0.15) is 30.7 Å². The molecule has 0 saturated heterocycles. The Hall–Kier alpha value is -0.520. The largest absolute Gasteiger partial charge is 0.450 e. The van der Waals surface area contributed by atoms with Crippen molar-refractivity contribution >= 4 is 57.9 Å². The summed E-state index contributed by atoms with van der Waals surface area (Å²) in [5, 5.41) is 0. The van der Waals surface area contributed by atoms with Crippen molar-refractivity contribution in [1.82, 2.24) is 8.96 Å². The summed E-state index contributed by atoms with van der Waals surface area (Å²) in [6.45, 7) is 0. The van der Waals surface area contributed by atoms with Gasteiger partial charge in [0, 0.05) is 16.8 Å². The van der Waals surface area contributed by atoms with Crippen molar-refractivity contribution in [3.8, 4) is 0 Å². The van der Waals surface area contributed by atoms with Gasteiger partial charge in [-0.15, -0.1) is 0 Å². The number of para-hydroxylation sites is 1. The molecule has 0 radical (unpaired) electrons. The first-order chi connectivity index (χ1) is 10.3. The lowest BCUT2D eigenvalue weighted by atomic mass is 10.3. The van der Waals surface area contributed by atoms with E-state index in [1.165, 1.54) is 0 Å². The normalized spacial score (nSPS) is 13.8. The highest BCUT2D eigenvalue weighted by atomic mass is 35.5. The van der Waals surface area contributed by atoms with E-state index in [1.54, 1.807) is 0 Å². The molecule has 23 heavy (non-hydrogen) atoms. The molecule has 2 aromatic rings. The van der Waals surface area contributed by atoms with Crippen molar-refractivity contribution < 1.29 is 30.7 Å². The van der Waals surface area contributed by atoms with E-state index in [2.05, 4.69) is 4.98 Å². The average molecular weight is 419 g/mol. The first kappa shape index (κ1) is 18.8. The number of nitrogens with zero attached hydrogens (tertiary/aromatic N) is 2. The highest BCUT2D eigenvalue weighted by Crippen LogP contribution is 2.45. The summed E-state index contributed by atoms with van der Waals surface area (Å²) in [5.74, 6) is -1.63. The Kier molecular flexibility index (Phi) is 4.98. The number of hydrogen-bond acceptors (Lipinski definition) is 3. The molecule has 0 N–H and O–H groups in total. The van der Waals surface area contributed by atoms with Gasteiger partial charge in [0.1, 0.15) is 5.52 Å². The number of imidazole rings is 1. The first-order valence-electron chi connectivity index (χ1n) is 5.38. The van der Waals surface area contributed by atoms with Gasteiger partial charge in [0.05, 0.1) is 5.52 Å². The standard InChI is InChI=1S/C10H3Cl2F7N2S2/c11-9(12,16)23-21-4-2-1-3-5(22-10(17,18)19)6(4)20-7(21)8(13,14)15/h1-3H. The minimum atomic E-state index is -5.05. The molecule has 2 rings (SSSR count). The molecule has 128 valence electrons. The van der Waals surface area contributed by atoms with Crippen LogP contribution in [0.25, 0.3) is 11.0 Å². The molecular weight excluding hydrogens is 416 g/mol. The Morgan fingerprint density at radius 1 is 1.00 bits per heavy atom. The van der Waals surface area contributed by atoms with Gasteiger partial charge in [-0.05, 0) is 23.9 Å². The molecular formula is C10H3Cl2F7N2S2. The summed E-state index contributed by atoms with van der Waals surface area (Å²) >= 11 is 9.20. The molecule has 1 aromatic heterocycles. The van der Waals surface area contributed by atoms with Crippen LogP contribution in [0.5, 0.6) is 0 Å². The second kappa shape index (κ2) is 6.08. The lowest BCUT2D eigenvalue weighted by Crippen LogP contribution is -2.14. The molecule has 1 aromatic carbocycles. The van der Waals surface area contributed by atoms with E-state index < -0.39 is 49.1 Å². The molecule has 0 aliphatic heterocycles. The van der Waals surface area contributed by atoms with Crippen LogP contribution in [-0.4, -0.2) is 18.4 Å². The van der Waals surface area contributed by atoms with Crippen molar-refractivity contribution in [3.05, 3.63) is 24.0 Å². The van der Waals surface area contributed by atoms with Gasteiger partial charge in [-0.3, -0.25) is 3.97 Å². The van der Waals surface area contributed by atoms with Gasteiger partial charge in [-0.1, -0.05) is 29.3 Å². The predicted octanol–water partition coefficient (Wildman–Crippen LogP) is 6.22. The van der Waals surface area contributed by atoms with Crippen LogP contribution in [-0.2, 0) is 6.18 Å². The Labute approximate surface area is 142 Å². The second-order valence-corrected chi connectivity index (χ2v) is 7.84. The zero-order valence-corrected chi connectivity index (χ0v) is 13.5. The van der Waals surface area contributed by atoms with Crippen molar-refractivity contribution in [2.75, 3.05) is 0 Å². The fourth-order valence-electron chi connectivity index (χ4n) is 1.63. The van der Waals surface area contributed by atoms with E-state index in [0.717, 1.165) is 18.2 Å². The van der Waals surface area contributed by atoms with Crippen LogP contribution in [0.1, 0.15) is 5.82 Å². The van der Waals surface area contributed by atoms with Crippen molar-refractivity contribution in [3.63, 3.8) is 0 Å². The van der Waals surface area contributed by atoms with Crippen LogP contribution in [0.4, 0.5) is 30.7 Å². The summed E-state index contributed by atoms with van der Waals surface area (Å²) in [5.41, 5.74) is -5.72. The van der Waals surface area contributed by atoms with Gasteiger partial charge in [0.15, 0.2) is 0 Å². The molecule has 0 aliphatic rings. The third-order valence-electron chi connectivity index (χ3n) is 2.28. The number of fused-ring (bicyclic) bond motifs is 1. The number of halogens is 9. The average Bonchev–Trinajstić information content (AvgIpc) is 2.65. The highest BCUT2D eigenvalue weighted by molar-refractivity contribution is 8.01. The Morgan fingerprint density at radius 3 is 2.09 bits per heavy atom. The fourth-order valence-corrected chi connectivity index (χ4v) is 3.37. The zero-order valence-electron chi connectivity index (χ0n) is 10.3. The number of hydrogen-bond donors (Lipinski definition) is 0. The van der Waals surface area contributed by atoms with Crippen LogP contribution < -0.4 is 0 Å². The molecule has 0 aliphatic carbocycles. The number of rotatable bonds is 3. The number of thioether (sulfide) groups is 1. The molecule has 0 atom stereocenters. The minimum absolute atomic E-state index is 0.218. The quantitative estimate of drug-likeness (QED) is 0.334. The molecule has 0 amide bonds. The lowest BCUT2D eigenvalue weighted by molar-refractivity contribution is -0.144. The van der Waals surface area contributed by atoms with E-state index in [0.29, 0.717) is 0 Å². The molecule has 0 fully saturated rings. The Balaban J connectivity index is 2.69. The van der Waals surface area contributed by atoms with Crippen LogP contribution in [0, 0.1) is 0 Å². The number of benzene rings is 1. The van der Waals surface area contributed by atoms with Crippen LogP contribution >= 0.6 is 46.9 Å². The van der Waals surface area contributed by atoms with E-state index in [4.69, 9.17) is 23.2 Å². The van der Waals surface area contributed by atoms with E-state index in [9.17, 15) is 30.7 Å². The summed E-state index contributed by atoms with van der Waals surface area (Å²) in [6, 6.07) is 3.08. The van der Waals surface area contributed by atoms with Gasteiger partial charge >= 0.3 is 15.6 Å². The smallest absolute Gasteiger partial charge is 0.257 e. The van der Waals surface area contributed by atoms with E-state index >= 15 is 0 Å². The molecule has 0 bridgehead atoms. The maximum Gasteiger partial charge on any atom is 0.450 e. The topological polar surface area (TPSA) is 17.8 Å². The van der Waals surface area contributed by atoms with Crippen LogP contribution in [0.3, 0.4) is 0 Å². The molecule has 0 saturated carbocycles. The lowest BCUT2D eigenvalue weighted by Gasteiger charge is -2.13. The zero-order chi connectivity index (χ0) is 17.6. The highest BCUT2D eigenvalue weighted by Gasteiger charge is 2.41. The molecule has 0 spiro atoms. The third-order valence-corrected chi connectivity index (χ3v) is 4.23. The van der Waals surface area contributed by atoms with E-state index in [-0.39, 0.29) is 15.9 Å². The molecule has 1 heterocycles. The van der Waals surface area contributed by atoms with E-state index in [1.807, 2.05) is 0 Å². The van der Waals surface area contributed by atoms with Crippen molar-refractivity contribution in [2.45, 2.75) is 20.5 Å². The summed E-state index contributed by atoms with van der Waals surface area (Å²) < 4.78 is 86.8. The second-order valence-electron chi connectivity index (χ2n) is 3.94. The summed E-state index contributed by atoms with van der Waals surface area (Å²) in [4.78, 5) is 2.60. The maximum atomic E-state index is 13.3. The fraction of sp³-hybridized carbons (Fsp3) is 0.300. The van der Waals surface area contributed by atoms with Gasteiger partial charge in [0.25, 0.3) is 0 Å².